The maximum atomic E-state index is 10.4. The Labute approximate surface area is 79.3 Å². The molecule has 76 valence electrons. The number of nitrogens with two attached hydrogens (primary N) is 1. The Balaban J connectivity index is 2.00. The van der Waals surface area contributed by atoms with Gasteiger partial charge in [-0.2, -0.15) is 0 Å². The average Bonchev–Trinajstić information content (AvgIpc) is 3.02. The van der Waals surface area contributed by atoms with Gasteiger partial charge in [0.25, 0.3) is 0 Å². The standard InChI is InChI=1S/C10H19NO2/c11-7-10(12,8-3-4-8)9-2-1-5-13-6-9/h8-9,12H,1-7,11H2. The van der Waals surface area contributed by atoms with Gasteiger partial charge in [-0.3, -0.25) is 0 Å². The van der Waals surface area contributed by atoms with Gasteiger partial charge in [-0.1, -0.05) is 0 Å². The van der Waals surface area contributed by atoms with Gasteiger partial charge in [-0.05, 0) is 31.6 Å². The van der Waals surface area contributed by atoms with Crippen LogP contribution in [0.2, 0.25) is 0 Å². The Morgan fingerprint density at radius 3 is 2.54 bits per heavy atom. The molecule has 1 heterocycles. The molecule has 0 aromatic heterocycles. The first-order valence-electron chi connectivity index (χ1n) is 5.27. The second-order valence-corrected chi connectivity index (χ2v) is 4.38. The van der Waals surface area contributed by atoms with E-state index in [0.29, 0.717) is 19.1 Å². The Kier molecular flexibility index (Phi) is 2.58. The molecule has 0 spiro atoms. The van der Waals surface area contributed by atoms with Gasteiger partial charge >= 0.3 is 0 Å². The van der Waals surface area contributed by atoms with E-state index in [4.69, 9.17) is 10.5 Å². The summed E-state index contributed by atoms with van der Waals surface area (Å²) in [5.41, 5.74) is 5.05. The van der Waals surface area contributed by atoms with Gasteiger partial charge in [-0.25, -0.2) is 0 Å². The van der Waals surface area contributed by atoms with Crippen LogP contribution < -0.4 is 5.73 Å². The molecule has 2 fully saturated rings. The van der Waals surface area contributed by atoms with E-state index in [1.54, 1.807) is 0 Å². The summed E-state index contributed by atoms with van der Waals surface area (Å²) < 4.78 is 5.39. The van der Waals surface area contributed by atoms with E-state index in [2.05, 4.69) is 0 Å². The van der Waals surface area contributed by atoms with Crippen molar-refractivity contribution in [3.05, 3.63) is 0 Å². The predicted molar refractivity (Wildman–Crippen MR) is 50.3 cm³/mol. The van der Waals surface area contributed by atoms with Crippen LogP contribution in [-0.2, 0) is 4.74 Å². The summed E-state index contributed by atoms with van der Waals surface area (Å²) in [4.78, 5) is 0. The fourth-order valence-corrected chi connectivity index (χ4v) is 2.38. The molecule has 2 atom stereocenters. The molecule has 0 aromatic carbocycles. The molecule has 1 saturated heterocycles. The Bertz CT molecular complexity index is 176. The highest BCUT2D eigenvalue weighted by Gasteiger charge is 2.48. The molecular weight excluding hydrogens is 166 g/mol. The van der Waals surface area contributed by atoms with Gasteiger partial charge in [0.2, 0.25) is 0 Å². The fraction of sp³-hybridized carbons (Fsp3) is 1.00. The molecule has 1 aliphatic carbocycles. The van der Waals surface area contributed by atoms with E-state index in [0.717, 1.165) is 32.3 Å². The number of hydrogen-bond acceptors (Lipinski definition) is 3. The molecule has 3 heteroatoms. The van der Waals surface area contributed by atoms with Crippen LogP contribution >= 0.6 is 0 Å². The van der Waals surface area contributed by atoms with Crippen LogP contribution in [0.3, 0.4) is 0 Å². The smallest absolute Gasteiger partial charge is 0.0847 e. The highest BCUT2D eigenvalue weighted by atomic mass is 16.5. The number of aliphatic hydroxyl groups is 1. The van der Waals surface area contributed by atoms with Gasteiger partial charge in [-0.15, -0.1) is 0 Å². The molecule has 1 saturated carbocycles. The van der Waals surface area contributed by atoms with Crippen LogP contribution in [0.15, 0.2) is 0 Å². The van der Waals surface area contributed by atoms with Crippen molar-refractivity contribution in [2.24, 2.45) is 17.6 Å². The molecule has 2 rings (SSSR count). The van der Waals surface area contributed by atoms with Gasteiger partial charge in [0.15, 0.2) is 0 Å². The third-order valence-electron chi connectivity index (χ3n) is 3.48. The van der Waals surface area contributed by atoms with Crippen molar-refractivity contribution in [2.45, 2.75) is 31.3 Å². The monoisotopic (exact) mass is 185 g/mol. The fourth-order valence-electron chi connectivity index (χ4n) is 2.38. The van der Waals surface area contributed by atoms with Gasteiger partial charge < -0.3 is 15.6 Å². The van der Waals surface area contributed by atoms with Gasteiger partial charge in [0, 0.05) is 19.1 Å². The molecule has 0 amide bonds. The maximum absolute atomic E-state index is 10.4. The minimum atomic E-state index is -0.625. The van der Waals surface area contributed by atoms with Crippen molar-refractivity contribution in [3.8, 4) is 0 Å². The molecule has 2 unspecified atom stereocenters. The third kappa shape index (κ3) is 1.73. The van der Waals surface area contributed by atoms with Crippen LogP contribution in [0.1, 0.15) is 25.7 Å². The lowest BCUT2D eigenvalue weighted by atomic mass is 9.80. The van der Waals surface area contributed by atoms with E-state index >= 15 is 0 Å². The Morgan fingerprint density at radius 2 is 2.08 bits per heavy atom. The van der Waals surface area contributed by atoms with Crippen LogP contribution in [0.4, 0.5) is 0 Å². The lowest BCUT2D eigenvalue weighted by molar-refractivity contribution is -0.0865. The Morgan fingerprint density at radius 1 is 1.31 bits per heavy atom. The Hall–Kier alpha value is -0.120. The molecule has 0 bridgehead atoms. The lowest BCUT2D eigenvalue weighted by Crippen LogP contribution is -2.50. The molecule has 0 radical (unpaired) electrons. The van der Waals surface area contributed by atoms with Crippen LogP contribution in [0.25, 0.3) is 0 Å². The molecule has 3 N–H and O–H groups in total. The maximum Gasteiger partial charge on any atom is 0.0847 e. The quantitative estimate of drug-likeness (QED) is 0.673. The van der Waals surface area contributed by atoms with Crippen molar-refractivity contribution >= 4 is 0 Å². The topological polar surface area (TPSA) is 55.5 Å². The largest absolute Gasteiger partial charge is 0.388 e. The average molecular weight is 185 g/mol. The summed E-state index contributed by atoms with van der Waals surface area (Å²) >= 11 is 0. The van der Waals surface area contributed by atoms with E-state index in [-0.39, 0.29) is 5.92 Å². The van der Waals surface area contributed by atoms with E-state index in [1.807, 2.05) is 0 Å². The zero-order valence-electron chi connectivity index (χ0n) is 8.04. The lowest BCUT2D eigenvalue weighted by Gasteiger charge is -2.37. The van der Waals surface area contributed by atoms with Crippen molar-refractivity contribution < 1.29 is 9.84 Å². The molecular formula is C10H19NO2. The van der Waals surface area contributed by atoms with Gasteiger partial charge in [0.05, 0.1) is 12.2 Å². The van der Waals surface area contributed by atoms with Crippen molar-refractivity contribution in [3.63, 3.8) is 0 Å². The molecule has 3 nitrogen and oxygen atoms in total. The first-order chi connectivity index (χ1) is 6.27. The molecule has 1 aliphatic heterocycles. The summed E-state index contributed by atoms with van der Waals surface area (Å²) in [5, 5.41) is 10.4. The SMILES string of the molecule is NCC(O)(C1CC1)C1CCCOC1. The van der Waals surface area contributed by atoms with Crippen LogP contribution in [0, 0.1) is 11.8 Å². The zero-order valence-corrected chi connectivity index (χ0v) is 8.04. The zero-order chi connectivity index (χ0) is 9.31. The summed E-state index contributed by atoms with van der Waals surface area (Å²) in [6.07, 6.45) is 4.43. The minimum absolute atomic E-state index is 0.277. The van der Waals surface area contributed by atoms with E-state index in [1.165, 1.54) is 0 Å². The molecule has 0 aromatic rings. The first kappa shape index (κ1) is 9.44. The summed E-state index contributed by atoms with van der Waals surface area (Å²) in [6.45, 7) is 1.94. The summed E-state index contributed by atoms with van der Waals surface area (Å²) in [6, 6.07) is 0. The van der Waals surface area contributed by atoms with Crippen LogP contribution in [-0.4, -0.2) is 30.5 Å². The second-order valence-electron chi connectivity index (χ2n) is 4.38. The number of hydrogen-bond donors (Lipinski definition) is 2. The molecule has 13 heavy (non-hydrogen) atoms. The number of rotatable bonds is 3. The van der Waals surface area contributed by atoms with E-state index < -0.39 is 5.60 Å². The first-order valence-corrected chi connectivity index (χ1v) is 5.27. The van der Waals surface area contributed by atoms with Crippen LogP contribution in [0.5, 0.6) is 0 Å². The van der Waals surface area contributed by atoms with E-state index in [9.17, 15) is 5.11 Å². The van der Waals surface area contributed by atoms with Crippen molar-refractivity contribution in [1.29, 1.82) is 0 Å². The number of ether oxygens (including phenoxy) is 1. The third-order valence-corrected chi connectivity index (χ3v) is 3.48. The highest BCUT2D eigenvalue weighted by molar-refractivity contribution is 5.00. The molecule has 2 aliphatic rings. The summed E-state index contributed by atoms with van der Waals surface area (Å²) in [7, 11) is 0. The van der Waals surface area contributed by atoms with Crippen molar-refractivity contribution in [1.82, 2.24) is 0 Å². The normalized spacial score (nSPS) is 34.2. The van der Waals surface area contributed by atoms with Gasteiger partial charge in [0.1, 0.15) is 0 Å². The highest BCUT2D eigenvalue weighted by Crippen LogP contribution is 2.45. The second kappa shape index (κ2) is 3.56. The van der Waals surface area contributed by atoms with Crippen molar-refractivity contribution in [2.75, 3.05) is 19.8 Å². The predicted octanol–water partition coefficient (Wildman–Crippen LogP) is 0.513. The minimum Gasteiger partial charge on any atom is -0.388 e. The summed E-state index contributed by atoms with van der Waals surface area (Å²) in [5.74, 6) is 0.725.